The van der Waals surface area contributed by atoms with Crippen LogP contribution in [0.5, 0.6) is 5.75 Å². The zero-order valence-electron chi connectivity index (χ0n) is 17.5. The maximum absolute atomic E-state index is 12.8. The van der Waals surface area contributed by atoms with Crippen molar-refractivity contribution in [3.8, 4) is 5.75 Å². The summed E-state index contributed by atoms with van der Waals surface area (Å²) in [5.74, 6) is -1.29. The number of carbonyl (C=O) groups excluding carboxylic acids is 1. The van der Waals surface area contributed by atoms with Gasteiger partial charge in [-0.2, -0.15) is 0 Å². The Hall–Kier alpha value is -4.40. The monoisotopic (exact) mass is 431 g/mol. The molecule has 0 aliphatic carbocycles. The molecule has 0 aliphatic heterocycles. The second-order valence-electron chi connectivity index (χ2n) is 7.18. The van der Waals surface area contributed by atoms with Crippen molar-refractivity contribution in [1.82, 2.24) is 14.7 Å². The van der Waals surface area contributed by atoms with Crippen LogP contribution in [0.4, 0.5) is 11.6 Å². The summed E-state index contributed by atoms with van der Waals surface area (Å²) in [4.78, 5) is 31.6. The van der Waals surface area contributed by atoms with Gasteiger partial charge in [0.25, 0.3) is 11.5 Å². The van der Waals surface area contributed by atoms with Crippen molar-refractivity contribution in [3.05, 3.63) is 100 Å². The van der Waals surface area contributed by atoms with E-state index in [1.165, 1.54) is 24.1 Å². The summed E-state index contributed by atoms with van der Waals surface area (Å²) in [6, 6.07) is 19.2. The van der Waals surface area contributed by atoms with Crippen LogP contribution in [0.1, 0.15) is 27.7 Å². The van der Waals surface area contributed by atoms with E-state index in [9.17, 15) is 14.7 Å². The maximum atomic E-state index is 12.8. The molecule has 0 unspecified atom stereocenters. The summed E-state index contributed by atoms with van der Waals surface area (Å²) in [5, 5.41) is 16.4. The molecule has 1 amide bonds. The number of aromatic hydroxyl groups is 1. The second-order valence-corrected chi connectivity index (χ2v) is 7.18. The Morgan fingerprint density at radius 3 is 2.22 bits per heavy atom. The molecule has 32 heavy (non-hydrogen) atoms. The van der Waals surface area contributed by atoms with Crippen LogP contribution in [-0.2, 0) is 7.05 Å². The number of nitrogens with one attached hydrogen (secondary N) is 1. The minimum atomic E-state index is -0.756. The van der Waals surface area contributed by atoms with Crippen LogP contribution in [0.3, 0.4) is 0 Å². The molecule has 9 heteroatoms. The molecule has 0 saturated heterocycles. The Morgan fingerprint density at radius 1 is 1.09 bits per heavy atom. The molecule has 0 atom stereocenters. The molecule has 0 fully saturated rings. The summed E-state index contributed by atoms with van der Waals surface area (Å²) < 4.78 is 5.91. The second kappa shape index (κ2) is 8.76. The maximum Gasteiger partial charge on any atom is 0.297 e. The smallest absolute Gasteiger partial charge is 0.297 e. The van der Waals surface area contributed by atoms with Gasteiger partial charge in [-0.1, -0.05) is 65.8 Å². The number of benzene rings is 2. The number of hydrogen-bond donors (Lipinski definition) is 2. The Kier molecular flexibility index (Phi) is 5.71. The van der Waals surface area contributed by atoms with E-state index in [2.05, 4.69) is 15.5 Å². The topological polar surface area (TPSA) is 113 Å². The Morgan fingerprint density at radius 2 is 1.69 bits per heavy atom. The molecule has 2 N–H and O–H groups in total. The van der Waals surface area contributed by atoms with Crippen molar-refractivity contribution >= 4 is 17.5 Å². The van der Waals surface area contributed by atoms with Gasteiger partial charge in [-0.15, -0.1) is 0 Å². The van der Waals surface area contributed by atoms with Gasteiger partial charge in [0, 0.05) is 14.1 Å². The number of rotatable bonds is 6. The fourth-order valence-corrected chi connectivity index (χ4v) is 3.54. The van der Waals surface area contributed by atoms with E-state index in [1.54, 1.807) is 11.9 Å². The first kappa shape index (κ1) is 20.9. The van der Waals surface area contributed by atoms with Crippen LogP contribution >= 0.6 is 0 Å². The van der Waals surface area contributed by atoms with Gasteiger partial charge in [-0.3, -0.25) is 14.2 Å². The lowest BCUT2D eigenvalue weighted by molar-refractivity contribution is 0.101. The Bertz CT molecular complexity index is 1230. The average molecular weight is 431 g/mol. The summed E-state index contributed by atoms with van der Waals surface area (Å²) in [7, 11) is 3.28. The van der Waals surface area contributed by atoms with Crippen molar-refractivity contribution in [2.75, 3.05) is 17.3 Å². The molecular formula is C23H21N5O4. The first-order chi connectivity index (χ1) is 15.5. The molecule has 4 aromatic rings. The van der Waals surface area contributed by atoms with Gasteiger partial charge < -0.3 is 19.8 Å². The first-order valence-electron chi connectivity index (χ1n) is 9.81. The fraction of sp³-hybridized carbons (Fsp3) is 0.130. The normalized spacial score (nSPS) is 10.8. The van der Waals surface area contributed by atoms with Gasteiger partial charge in [0.2, 0.25) is 11.7 Å². The number of amides is 1. The van der Waals surface area contributed by atoms with E-state index in [0.29, 0.717) is 0 Å². The molecule has 0 bridgehead atoms. The molecule has 4 rings (SSSR count). The van der Waals surface area contributed by atoms with Gasteiger partial charge in [0.1, 0.15) is 12.0 Å². The predicted octanol–water partition coefficient (Wildman–Crippen LogP) is 2.95. The van der Waals surface area contributed by atoms with Crippen molar-refractivity contribution in [2.45, 2.75) is 6.04 Å². The number of aromatic nitrogens is 3. The minimum absolute atomic E-state index is 0.209. The quantitative estimate of drug-likeness (QED) is 0.482. The third kappa shape index (κ3) is 3.95. The zero-order chi connectivity index (χ0) is 22.7. The average Bonchev–Trinajstić information content (AvgIpc) is 3.32. The van der Waals surface area contributed by atoms with Crippen LogP contribution in [-0.4, -0.2) is 32.8 Å². The van der Waals surface area contributed by atoms with Gasteiger partial charge in [-0.25, -0.2) is 4.98 Å². The van der Waals surface area contributed by atoms with Crippen molar-refractivity contribution in [1.29, 1.82) is 0 Å². The number of carbonyl (C=O) groups is 1. The van der Waals surface area contributed by atoms with Crippen LogP contribution in [0.15, 0.2) is 82.4 Å². The SMILES string of the molecule is CN(c1nc(C(=O)Nc2cnoc2)c(O)c(=O)n1C)C(c1ccccc1)c1ccccc1. The number of anilines is 2. The van der Waals surface area contributed by atoms with Crippen LogP contribution in [0, 0.1) is 0 Å². The zero-order valence-corrected chi connectivity index (χ0v) is 17.5. The van der Waals surface area contributed by atoms with E-state index in [-0.39, 0.29) is 17.7 Å². The van der Waals surface area contributed by atoms with Crippen molar-refractivity contribution in [3.63, 3.8) is 0 Å². The molecule has 2 aromatic carbocycles. The highest BCUT2D eigenvalue weighted by Gasteiger charge is 2.27. The third-order valence-corrected chi connectivity index (χ3v) is 5.08. The molecule has 2 aromatic heterocycles. The molecule has 2 heterocycles. The van der Waals surface area contributed by atoms with Gasteiger partial charge in [0.15, 0.2) is 5.69 Å². The highest BCUT2D eigenvalue weighted by atomic mass is 16.5. The highest BCUT2D eigenvalue weighted by molar-refractivity contribution is 6.04. The molecule has 0 radical (unpaired) electrons. The summed E-state index contributed by atoms with van der Waals surface area (Å²) in [5.41, 5.74) is 1.09. The Balaban J connectivity index is 1.81. The molecule has 0 saturated carbocycles. The number of nitrogens with zero attached hydrogens (tertiary/aromatic N) is 4. The molecular weight excluding hydrogens is 410 g/mol. The summed E-state index contributed by atoms with van der Waals surface area (Å²) >= 11 is 0. The van der Waals surface area contributed by atoms with E-state index >= 15 is 0 Å². The van der Waals surface area contributed by atoms with Crippen LogP contribution in [0.25, 0.3) is 0 Å². The minimum Gasteiger partial charge on any atom is -0.501 e. The van der Waals surface area contributed by atoms with E-state index < -0.39 is 22.9 Å². The van der Waals surface area contributed by atoms with Crippen molar-refractivity contribution < 1.29 is 14.4 Å². The summed E-state index contributed by atoms with van der Waals surface area (Å²) in [6.45, 7) is 0. The molecule has 9 nitrogen and oxygen atoms in total. The lowest BCUT2D eigenvalue weighted by atomic mass is 9.97. The highest BCUT2D eigenvalue weighted by Crippen LogP contribution is 2.31. The molecule has 162 valence electrons. The van der Waals surface area contributed by atoms with Gasteiger partial charge >= 0.3 is 0 Å². The molecule has 0 aliphatic rings. The number of hydrogen-bond acceptors (Lipinski definition) is 7. The lowest BCUT2D eigenvalue weighted by Crippen LogP contribution is -2.34. The summed E-state index contributed by atoms with van der Waals surface area (Å²) in [6.07, 6.45) is 2.52. The van der Waals surface area contributed by atoms with E-state index in [0.717, 1.165) is 11.1 Å². The third-order valence-electron chi connectivity index (χ3n) is 5.08. The Labute approximate surface area is 183 Å². The van der Waals surface area contributed by atoms with Crippen molar-refractivity contribution in [2.24, 2.45) is 7.05 Å². The predicted molar refractivity (Wildman–Crippen MR) is 119 cm³/mol. The van der Waals surface area contributed by atoms with Gasteiger partial charge in [0.05, 0.1) is 12.2 Å². The standard InChI is InChI=1S/C23H21N5O4/c1-27(19(15-9-5-3-6-10-15)16-11-7-4-8-12-16)23-26-18(20(29)22(31)28(23)2)21(30)25-17-13-24-32-14-17/h3-14,19,29H,1-2H3,(H,25,30). The van der Waals surface area contributed by atoms with E-state index in [1.807, 2.05) is 60.7 Å². The van der Waals surface area contributed by atoms with Crippen LogP contribution in [0.2, 0.25) is 0 Å². The van der Waals surface area contributed by atoms with E-state index in [4.69, 9.17) is 4.52 Å². The fourth-order valence-electron chi connectivity index (χ4n) is 3.54. The largest absolute Gasteiger partial charge is 0.501 e. The lowest BCUT2D eigenvalue weighted by Gasteiger charge is -2.31. The van der Waals surface area contributed by atoms with Crippen LogP contribution < -0.4 is 15.8 Å². The van der Waals surface area contributed by atoms with Gasteiger partial charge in [-0.05, 0) is 11.1 Å². The molecule has 0 spiro atoms. The first-order valence-corrected chi connectivity index (χ1v) is 9.81.